The molecule has 0 aliphatic rings. The molecule has 1 heterocycles. The van der Waals surface area contributed by atoms with Gasteiger partial charge in [-0.1, -0.05) is 11.8 Å². The van der Waals surface area contributed by atoms with Gasteiger partial charge in [-0.05, 0) is 52.6 Å². The summed E-state index contributed by atoms with van der Waals surface area (Å²) < 4.78 is 1.98. The summed E-state index contributed by atoms with van der Waals surface area (Å²) in [5.41, 5.74) is -0.0944. The van der Waals surface area contributed by atoms with Gasteiger partial charge in [-0.15, -0.1) is 4.68 Å². The molecule has 0 saturated carbocycles. The van der Waals surface area contributed by atoms with Crippen molar-refractivity contribution in [3.63, 3.8) is 0 Å². The van der Waals surface area contributed by atoms with Gasteiger partial charge < -0.3 is 0 Å². The van der Waals surface area contributed by atoms with Gasteiger partial charge in [0.1, 0.15) is 11.1 Å². The molecule has 0 fully saturated rings. The highest BCUT2D eigenvalue weighted by atomic mass is 32.2. The number of tetrazole rings is 1. The first kappa shape index (κ1) is 12.5. The highest BCUT2D eigenvalue weighted by Crippen LogP contribution is 2.15. The maximum absolute atomic E-state index is 4.52. The lowest BCUT2D eigenvalue weighted by Gasteiger charge is -2.14. The second-order valence-electron chi connectivity index (χ2n) is 5.62. The van der Waals surface area contributed by atoms with E-state index in [1.807, 2.05) is 10.9 Å². The molecule has 0 amide bonds. The van der Waals surface area contributed by atoms with E-state index in [0.717, 1.165) is 5.16 Å². The van der Waals surface area contributed by atoms with Crippen molar-refractivity contribution in [2.24, 2.45) is 0 Å². The molecule has 0 bridgehead atoms. The van der Waals surface area contributed by atoms with E-state index in [1.165, 1.54) is 0 Å². The number of nitrogens with zero attached hydrogens (tertiary/aromatic N) is 4. The Morgan fingerprint density at radius 3 is 1.93 bits per heavy atom. The average molecular weight is 229 g/mol. The Balaban J connectivity index is 3.24. The zero-order valence-corrected chi connectivity index (χ0v) is 11.5. The second kappa shape index (κ2) is 3.77. The second-order valence-corrected chi connectivity index (χ2v) is 6.39. The van der Waals surface area contributed by atoms with Crippen molar-refractivity contribution in [1.29, 1.82) is 0 Å². The molecule has 0 aromatic carbocycles. The van der Waals surface area contributed by atoms with Gasteiger partial charge in [0.15, 0.2) is 0 Å². The summed E-state index contributed by atoms with van der Waals surface area (Å²) in [5, 5.41) is 9.98. The van der Waals surface area contributed by atoms with E-state index in [4.69, 9.17) is 0 Å². The third-order valence-corrected chi connectivity index (χ3v) is 2.57. The van der Waals surface area contributed by atoms with Crippen molar-refractivity contribution in [3.8, 4) is 0 Å². The summed E-state index contributed by atoms with van der Waals surface area (Å²) >= 11 is 1.63. The van der Waals surface area contributed by atoms with Crippen LogP contribution in [-0.4, -0.2) is 21.4 Å². The van der Waals surface area contributed by atoms with Gasteiger partial charge in [0.2, 0.25) is 0 Å². The van der Waals surface area contributed by atoms with Crippen LogP contribution >= 0.6 is 11.8 Å². The summed E-state index contributed by atoms with van der Waals surface area (Å²) in [6.45, 7) is 12.7. The van der Waals surface area contributed by atoms with Gasteiger partial charge in [0.05, 0.1) is 10.3 Å². The van der Waals surface area contributed by atoms with Crippen LogP contribution in [0, 0.1) is 0 Å². The van der Waals surface area contributed by atoms with E-state index in [9.17, 15) is 0 Å². The third-order valence-electron chi connectivity index (χ3n) is 1.95. The van der Waals surface area contributed by atoms with E-state index in [1.54, 1.807) is 16.6 Å². The normalized spacial score (nSPS) is 13.3. The van der Waals surface area contributed by atoms with E-state index >= 15 is 0 Å². The minimum Gasteiger partial charge on any atom is -0.122 e. The molecule has 0 radical (unpaired) electrons. The van der Waals surface area contributed by atoms with Crippen molar-refractivity contribution in [3.05, 3.63) is 0 Å². The molecule has 0 unspecified atom stereocenters. The molecule has 4 nitrogen and oxygen atoms in total. The summed E-state index contributed by atoms with van der Waals surface area (Å²) in [6, 6.07) is 0. The fourth-order valence-corrected chi connectivity index (χ4v) is 1.74. The van der Waals surface area contributed by atoms with Crippen LogP contribution in [0.4, 0.5) is 0 Å². The van der Waals surface area contributed by atoms with Gasteiger partial charge in [-0.25, -0.2) is 0 Å². The zero-order valence-electron chi connectivity index (χ0n) is 10.7. The minimum absolute atomic E-state index is 0.0259. The van der Waals surface area contributed by atoms with Gasteiger partial charge in [0, 0.05) is 0 Å². The molecule has 1 rings (SSSR count). The Morgan fingerprint density at radius 2 is 1.67 bits per heavy atom. The van der Waals surface area contributed by atoms with Crippen molar-refractivity contribution < 1.29 is 4.68 Å². The molecular weight excluding hydrogens is 208 g/mol. The summed E-state index contributed by atoms with van der Waals surface area (Å²) in [5.74, 6) is 0. The van der Waals surface area contributed by atoms with Gasteiger partial charge >= 0.3 is 5.16 Å². The Morgan fingerprint density at radius 1 is 1.13 bits per heavy atom. The van der Waals surface area contributed by atoms with Crippen LogP contribution in [-0.2, 0) is 11.1 Å². The van der Waals surface area contributed by atoms with Crippen LogP contribution < -0.4 is 4.68 Å². The van der Waals surface area contributed by atoms with Crippen molar-refractivity contribution in [1.82, 2.24) is 15.1 Å². The van der Waals surface area contributed by atoms with Crippen LogP contribution in [0.2, 0.25) is 0 Å². The molecule has 0 atom stereocenters. The lowest BCUT2D eigenvalue weighted by molar-refractivity contribution is -0.838. The molecule has 1 aromatic heterocycles. The Bertz CT molecular complexity index is 343. The lowest BCUT2D eigenvalue weighted by atomic mass is 10.1. The Kier molecular flexibility index (Phi) is 3.14. The van der Waals surface area contributed by atoms with E-state index < -0.39 is 0 Å². The topological polar surface area (TPSA) is 34.6 Å². The fourth-order valence-electron chi connectivity index (χ4n) is 1.10. The summed E-state index contributed by atoms with van der Waals surface area (Å²) in [4.78, 5) is 1.78. The molecular formula is C10H21N4S+. The largest absolute Gasteiger partial charge is 0.358 e. The summed E-state index contributed by atoms with van der Waals surface area (Å²) in [6.07, 6.45) is 2.03. The number of hydrogen-bond donors (Lipinski definition) is 0. The van der Waals surface area contributed by atoms with Crippen molar-refractivity contribution >= 4 is 11.8 Å². The predicted molar refractivity (Wildman–Crippen MR) is 62.0 cm³/mol. The maximum atomic E-state index is 4.52. The smallest absolute Gasteiger partial charge is 0.122 e. The molecule has 1 aromatic rings. The Labute approximate surface area is 96.0 Å². The molecule has 0 spiro atoms. The van der Waals surface area contributed by atoms with Gasteiger partial charge in [-0.3, -0.25) is 0 Å². The first-order valence-corrected chi connectivity index (χ1v) is 6.33. The fraction of sp³-hybridized carbons (Fsp3) is 0.900. The molecule has 5 heteroatoms. The SMILES string of the molecule is CSc1nn(C(C)(C)C)n[n+]1C(C)(C)C. The lowest BCUT2D eigenvalue weighted by Crippen LogP contribution is -2.54. The first-order valence-electron chi connectivity index (χ1n) is 5.11. The monoisotopic (exact) mass is 229 g/mol. The van der Waals surface area contributed by atoms with E-state index in [-0.39, 0.29) is 11.1 Å². The van der Waals surface area contributed by atoms with Crippen LogP contribution in [0.5, 0.6) is 0 Å². The first-order chi connectivity index (χ1) is 6.66. The standard InChI is InChI=1S/C10H21N4S/c1-9(2,3)13-8(15-7)11-14(12-13)10(4,5)6/h1-7H3/q+1. The number of aromatic nitrogens is 4. The number of rotatable bonds is 1. The molecule has 0 aliphatic carbocycles. The quantitative estimate of drug-likeness (QED) is 0.544. The molecule has 15 heavy (non-hydrogen) atoms. The van der Waals surface area contributed by atoms with E-state index in [2.05, 4.69) is 51.9 Å². The highest BCUT2D eigenvalue weighted by molar-refractivity contribution is 7.98. The minimum atomic E-state index is -0.0685. The Hall–Kier alpha value is -0.580. The van der Waals surface area contributed by atoms with Crippen LogP contribution in [0.3, 0.4) is 0 Å². The van der Waals surface area contributed by atoms with Crippen LogP contribution in [0.15, 0.2) is 5.16 Å². The van der Waals surface area contributed by atoms with Crippen molar-refractivity contribution in [2.75, 3.05) is 6.26 Å². The highest BCUT2D eigenvalue weighted by Gasteiger charge is 2.33. The molecule has 86 valence electrons. The third kappa shape index (κ3) is 2.71. The predicted octanol–water partition coefficient (Wildman–Crippen LogP) is 1.80. The number of hydrogen-bond acceptors (Lipinski definition) is 3. The summed E-state index contributed by atoms with van der Waals surface area (Å²) in [7, 11) is 0. The molecule has 0 aliphatic heterocycles. The van der Waals surface area contributed by atoms with Gasteiger partial charge in [-0.2, -0.15) is 0 Å². The number of thioether (sulfide) groups is 1. The van der Waals surface area contributed by atoms with Crippen molar-refractivity contribution in [2.45, 2.75) is 57.8 Å². The van der Waals surface area contributed by atoms with E-state index in [0.29, 0.717) is 0 Å². The maximum Gasteiger partial charge on any atom is 0.358 e. The zero-order chi connectivity index (χ0) is 11.9. The van der Waals surface area contributed by atoms with Crippen LogP contribution in [0.25, 0.3) is 0 Å². The molecule has 0 saturated heterocycles. The van der Waals surface area contributed by atoms with Gasteiger partial charge in [0.25, 0.3) is 0 Å². The average Bonchev–Trinajstić information content (AvgIpc) is 2.44. The molecule has 0 N–H and O–H groups in total. The van der Waals surface area contributed by atoms with Crippen LogP contribution in [0.1, 0.15) is 41.5 Å².